The van der Waals surface area contributed by atoms with Crippen molar-refractivity contribution in [3.8, 4) is 11.3 Å². The molecule has 0 unspecified atom stereocenters. The molecule has 2 N–H and O–H groups in total. The fourth-order valence-corrected chi connectivity index (χ4v) is 3.76. The fraction of sp³-hybridized carbons (Fsp3) is 0.250. The fourth-order valence-electron chi connectivity index (χ4n) is 1.88. The van der Waals surface area contributed by atoms with E-state index in [1.807, 2.05) is 12.1 Å². The topological polar surface area (TPSA) is 92.2 Å². The third-order valence-corrected chi connectivity index (χ3v) is 5.37. The van der Waals surface area contributed by atoms with E-state index in [9.17, 15) is 9.59 Å². The van der Waals surface area contributed by atoms with Gasteiger partial charge in [-0.25, -0.2) is 0 Å². The summed E-state index contributed by atoms with van der Waals surface area (Å²) < 4.78 is 0. The summed E-state index contributed by atoms with van der Waals surface area (Å²) in [6.45, 7) is 0.508. The molecule has 0 saturated carbocycles. The predicted octanol–water partition coefficient (Wildman–Crippen LogP) is 2.73. The molecule has 2 aromatic rings. The molecule has 0 aromatic carbocycles. The van der Waals surface area contributed by atoms with Crippen LogP contribution < -0.4 is 5.32 Å². The van der Waals surface area contributed by atoms with E-state index in [-0.39, 0.29) is 12.3 Å². The van der Waals surface area contributed by atoms with E-state index < -0.39 is 5.97 Å². The maximum atomic E-state index is 12.4. The van der Waals surface area contributed by atoms with E-state index in [2.05, 4.69) is 15.3 Å². The van der Waals surface area contributed by atoms with Crippen LogP contribution in [0.2, 0.25) is 0 Å². The number of nitrogens with one attached hydrogen (secondary N) is 1. The summed E-state index contributed by atoms with van der Waals surface area (Å²) >= 11 is 0. The molecule has 0 fully saturated rings. The second-order valence-corrected chi connectivity index (χ2v) is 7.38. The van der Waals surface area contributed by atoms with Crippen LogP contribution in [0.15, 0.2) is 42.9 Å². The van der Waals surface area contributed by atoms with Gasteiger partial charge in [-0.05, 0) is 24.3 Å². The zero-order chi connectivity index (χ0) is 17.2. The molecule has 0 aliphatic heterocycles. The highest BCUT2D eigenvalue weighted by molar-refractivity contribution is 8.76. The number of hydrogen-bond acceptors (Lipinski definition) is 6. The summed E-state index contributed by atoms with van der Waals surface area (Å²) in [4.78, 5) is 31.0. The molecule has 6 nitrogen and oxygen atoms in total. The van der Waals surface area contributed by atoms with Crippen LogP contribution in [0.1, 0.15) is 16.8 Å². The number of aliphatic carboxylic acids is 1. The van der Waals surface area contributed by atoms with Crippen molar-refractivity contribution >= 4 is 33.5 Å². The average Bonchev–Trinajstić information content (AvgIpc) is 2.61. The lowest BCUT2D eigenvalue weighted by Gasteiger charge is -2.09. The predicted molar refractivity (Wildman–Crippen MR) is 97.0 cm³/mol. The monoisotopic (exact) mass is 363 g/mol. The highest BCUT2D eigenvalue weighted by Gasteiger charge is 2.13. The van der Waals surface area contributed by atoms with Gasteiger partial charge >= 0.3 is 5.97 Å². The van der Waals surface area contributed by atoms with Crippen molar-refractivity contribution in [2.24, 2.45) is 0 Å². The molecule has 2 rings (SSSR count). The van der Waals surface area contributed by atoms with Gasteiger partial charge in [0.1, 0.15) is 0 Å². The molecule has 0 aliphatic carbocycles. The van der Waals surface area contributed by atoms with Gasteiger partial charge < -0.3 is 10.4 Å². The van der Waals surface area contributed by atoms with E-state index >= 15 is 0 Å². The molecule has 0 aliphatic rings. The average molecular weight is 363 g/mol. The van der Waals surface area contributed by atoms with E-state index in [1.54, 1.807) is 41.5 Å². The van der Waals surface area contributed by atoms with Crippen LogP contribution in [0.3, 0.4) is 0 Å². The third kappa shape index (κ3) is 5.86. The van der Waals surface area contributed by atoms with Gasteiger partial charge in [-0.3, -0.25) is 19.6 Å². The summed E-state index contributed by atoms with van der Waals surface area (Å²) in [7, 11) is 3.04. The van der Waals surface area contributed by atoms with E-state index in [4.69, 9.17) is 5.11 Å². The molecule has 1 amide bonds. The molecule has 0 bridgehead atoms. The summed E-state index contributed by atoms with van der Waals surface area (Å²) in [6, 6.07) is 7.10. The van der Waals surface area contributed by atoms with Crippen LogP contribution in [-0.2, 0) is 4.79 Å². The van der Waals surface area contributed by atoms with E-state index in [0.29, 0.717) is 29.3 Å². The SMILES string of the molecule is O=C(O)CCSSCCNC(=O)c1cccnc1-c1ccncc1. The molecule has 0 spiro atoms. The first-order chi connectivity index (χ1) is 11.7. The lowest BCUT2D eigenvalue weighted by molar-refractivity contribution is -0.136. The highest BCUT2D eigenvalue weighted by atomic mass is 33.1. The molecule has 8 heteroatoms. The number of carbonyl (C=O) groups is 2. The second-order valence-electron chi connectivity index (χ2n) is 4.68. The Balaban J connectivity index is 1.84. The highest BCUT2D eigenvalue weighted by Crippen LogP contribution is 2.22. The van der Waals surface area contributed by atoms with Crippen molar-refractivity contribution in [2.75, 3.05) is 18.1 Å². The van der Waals surface area contributed by atoms with Gasteiger partial charge in [0.25, 0.3) is 5.91 Å². The Bertz CT molecular complexity index is 683. The Kier molecular flexibility index (Phi) is 7.57. The van der Waals surface area contributed by atoms with E-state index in [1.165, 1.54) is 10.8 Å². The Morgan fingerprint density at radius 1 is 1.08 bits per heavy atom. The van der Waals surface area contributed by atoms with Gasteiger partial charge in [0, 0.05) is 42.2 Å². The number of carboxylic acids is 1. The van der Waals surface area contributed by atoms with Crippen molar-refractivity contribution in [3.63, 3.8) is 0 Å². The maximum absolute atomic E-state index is 12.4. The van der Waals surface area contributed by atoms with Crippen molar-refractivity contribution in [3.05, 3.63) is 48.4 Å². The normalized spacial score (nSPS) is 10.3. The summed E-state index contributed by atoms with van der Waals surface area (Å²) in [5.41, 5.74) is 1.99. The quantitative estimate of drug-likeness (QED) is 0.523. The summed E-state index contributed by atoms with van der Waals surface area (Å²) in [6.07, 6.45) is 5.13. The van der Waals surface area contributed by atoms with Crippen LogP contribution >= 0.6 is 21.6 Å². The van der Waals surface area contributed by atoms with Gasteiger partial charge in [-0.15, -0.1) is 0 Å². The Morgan fingerprint density at radius 3 is 2.58 bits per heavy atom. The molecular formula is C16H17N3O3S2. The van der Waals surface area contributed by atoms with Crippen LogP contribution in [-0.4, -0.2) is 45.0 Å². The lowest BCUT2D eigenvalue weighted by Crippen LogP contribution is -2.26. The Morgan fingerprint density at radius 2 is 1.83 bits per heavy atom. The van der Waals surface area contributed by atoms with Crippen molar-refractivity contribution in [2.45, 2.75) is 6.42 Å². The van der Waals surface area contributed by atoms with Gasteiger partial charge in [-0.1, -0.05) is 21.6 Å². The van der Waals surface area contributed by atoms with Crippen LogP contribution in [0, 0.1) is 0 Å². The smallest absolute Gasteiger partial charge is 0.304 e. The number of rotatable bonds is 9. The Labute approximate surface area is 147 Å². The number of carbonyl (C=O) groups excluding carboxylic acids is 1. The lowest BCUT2D eigenvalue weighted by atomic mass is 10.1. The molecular weight excluding hydrogens is 346 g/mol. The zero-order valence-corrected chi connectivity index (χ0v) is 14.5. The largest absolute Gasteiger partial charge is 0.481 e. The first-order valence-corrected chi connectivity index (χ1v) is 9.77. The number of pyridine rings is 2. The van der Waals surface area contributed by atoms with Gasteiger partial charge in [-0.2, -0.15) is 0 Å². The van der Waals surface area contributed by atoms with Gasteiger partial charge in [0.15, 0.2) is 0 Å². The minimum absolute atomic E-state index is 0.148. The molecule has 2 heterocycles. The standard InChI is InChI=1S/C16H17N3O3S2/c20-14(21)5-10-23-24-11-9-19-16(22)13-2-1-6-18-15(13)12-3-7-17-8-4-12/h1-4,6-8H,5,9-11H2,(H,19,22)(H,20,21). The number of carboxylic acid groups (broad SMARTS) is 1. The molecule has 0 atom stereocenters. The number of aromatic nitrogens is 2. The minimum atomic E-state index is -0.795. The zero-order valence-electron chi connectivity index (χ0n) is 12.8. The number of hydrogen-bond donors (Lipinski definition) is 2. The van der Waals surface area contributed by atoms with Crippen LogP contribution in [0.25, 0.3) is 11.3 Å². The molecule has 126 valence electrons. The van der Waals surface area contributed by atoms with Crippen molar-refractivity contribution in [1.29, 1.82) is 0 Å². The third-order valence-electron chi connectivity index (χ3n) is 2.96. The minimum Gasteiger partial charge on any atom is -0.481 e. The summed E-state index contributed by atoms with van der Waals surface area (Å²) in [5, 5.41) is 11.4. The Hall–Kier alpha value is -2.06. The van der Waals surface area contributed by atoms with Crippen molar-refractivity contribution in [1.82, 2.24) is 15.3 Å². The van der Waals surface area contributed by atoms with Gasteiger partial charge in [0.05, 0.1) is 17.7 Å². The molecule has 2 aromatic heterocycles. The maximum Gasteiger partial charge on any atom is 0.304 e. The number of nitrogens with zero attached hydrogens (tertiary/aromatic N) is 2. The number of amides is 1. The summed E-state index contributed by atoms with van der Waals surface area (Å²) in [5.74, 6) is 0.298. The first kappa shape index (κ1) is 18.3. The van der Waals surface area contributed by atoms with Crippen LogP contribution in [0.5, 0.6) is 0 Å². The molecule has 0 saturated heterocycles. The second kappa shape index (κ2) is 9.94. The first-order valence-electron chi connectivity index (χ1n) is 7.28. The van der Waals surface area contributed by atoms with Gasteiger partial charge in [0.2, 0.25) is 0 Å². The molecule has 0 radical (unpaired) electrons. The van der Waals surface area contributed by atoms with Crippen LogP contribution in [0.4, 0.5) is 0 Å². The van der Waals surface area contributed by atoms with E-state index in [0.717, 1.165) is 5.56 Å². The van der Waals surface area contributed by atoms with Crippen molar-refractivity contribution < 1.29 is 14.7 Å². The molecule has 24 heavy (non-hydrogen) atoms.